The summed E-state index contributed by atoms with van der Waals surface area (Å²) in [4.78, 5) is 12.4. The molecule has 1 fully saturated rings. The van der Waals surface area contributed by atoms with E-state index in [-0.39, 0.29) is 30.3 Å². The zero-order chi connectivity index (χ0) is 14.7. The van der Waals surface area contributed by atoms with Crippen molar-refractivity contribution in [1.82, 2.24) is 10.6 Å². The lowest BCUT2D eigenvalue weighted by molar-refractivity contribution is -0.126. The molecule has 2 aromatic rings. The molecule has 1 aliphatic rings. The molecule has 2 N–H and O–H groups in total. The van der Waals surface area contributed by atoms with E-state index in [4.69, 9.17) is 0 Å². The van der Waals surface area contributed by atoms with Crippen LogP contribution in [0.4, 0.5) is 0 Å². The number of nitrogens with one attached hydrogen (secondary N) is 2. The fraction of sp³-hybridized carbons (Fsp3) is 0.389. The summed E-state index contributed by atoms with van der Waals surface area (Å²) in [5.74, 6) is 0.277. The number of rotatable bonds is 3. The molecule has 3 rings (SSSR count). The van der Waals surface area contributed by atoms with E-state index < -0.39 is 0 Å². The van der Waals surface area contributed by atoms with Gasteiger partial charge in [-0.15, -0.1) is 12.4 Å². The number of amides is 1. The zero-order valence-electron chi connectivity index (χ0n) is 12.8. The Labute approximate surface area is 137 Å². The highest BCUT2D eigenvalue weighted by Crippen LogP contribution is 2.24. The van der Waals surface area contributed by atoms with Gasteiger partial charge in [-0.1, -0.05) is 42.5 Å². The number of benzene rings is 2. The average Bonchev–Trinajstić information content (AvgIpc) is 2.55. The largest absolute Gasteiger partial charge is 0.349 e. The molecule has 0 saturated carbocycles. The molecule has 0 aromatic heterocycles. The van der Waals surface area contributed by atoms with Crippen molar-refractivity contribution in [3.05, 3.63) is 48.0 Å². The first-order valence-electron chi connectivity index (χ1n) is 7.74. The first-order valence-corrected chi connectivity index (χ1v) is 7.74. The van der Waals surface area contributed by atoms with Crippen molar-refractivity contribution < 1.29 is 4.79 Å². The monoisotopic (exact) mass is 318 g/mol. The summed E-state index contributed by atoms with van der Waals surface area (Å²) < 4.78 is 0. The minimum absolute atomic E-state index is 0. The predicted octanol–water partition coefficient (Wildman–Crippen LogP) is 3.44. The van der Waals surface area contributed by atoms with Crippen LogP contribution in [0.3, 0.4) is 0 Å². The molecule has 2 atom stereocenters. The van der Waals surface area contributed by atoms with Crippen LogP contribution in [0.1, 0.15) is 31.4 Å². The van der Waals surface area contributed by atoms with Crippen LogP contribution >= 0.6 is 12.4 Å². The smallest absolute Gasteiger partial charge is 0.224 e. The SMILES string of the molecule is CC(NC(=O)[C@@H]1CCCNC1)c1cccc2ccccc12.Cl. The first kappa shape index (κ1) is 16.8. The second kappa shape index (κ2) is 7.61. The molecule has 3 nitrogen and oxygen atoms in total. The lowest BCUT2D eigenvalue weighted by Crippen LogP contribution is -2.41. The van der Waals surface area contributed by atoms with Gasteiger partial charge in [0.2, 0.25) is 5.91 Å². The van der Waals surface area contributed by atoms with Gasteiger partial charge in [0.05, 0.1) is 12.0 Å². The highest BCUT2D eigenvalue weighted by atomic mass is 35.5. The molecule has 1 unspecified atom stereocenters. The fourth-order valence-electron chi connectivity index (χ4n) is 3.11. The van der Waals surface area contributed by atoms with Gasteiger partial charge >= 0.3 is 0 Å². The van der Waals surface area contributed by atoms with Crippen molar-refractivity contribution in [3.63, 3.8) is 0 Å². The summed E-state index contributed by atoms with van der Waals surface area (Å²) >= 11 is 0. The molecule has 22 heavy (non-hydrogen) atoms. The first-order chi connectivity index (χ1) is 10.3. The van der Waals surface area contributed by atoms with E-state index in [0.717, 1.165) is 25.9 Å². The Morgan fingerprint density at radius 2 is 2.00 bits per heavy atom. The van der Waals surface area contributed by atoms with Crippen LogP contribution in [0.2, 0.25) is 0 Å². The Kier molecular flexibility index (Phi) is 5.81. The lowest BCUT2D eigenvalue weighted by Gasteiger charge is -2.24. The molecule has 1 saturated heterocycles. The Hall–Kier alpha value is -1.58. The third-order valence-electron chi connectivity index (χ3n) is 4.32. The summed E-state index contributed by atoms with van der Waals surface area (Å²) in [6, 6.07) is 14.6. The third-order valence-corrected chi connectivity index (χ3v) is 4.32. The van der Waals surface area contributed by atoms with Gasteiger partial charge in [-0.25, -0.2) is 0 Å². The maximum absolute atomic E-state index is 12.4. The standard InChI is InChI=1S/C18H22N2O.ClH/c1-13(20-18(21)15-8-5-11-19-12-15)16-10-4-7-14-6-2-3-9-17(14)16;/h2-4,6-7,9-10,13,15,19H,5,8,11-12H2,1H3,(H,20,21);1H/t13?,15-;/m1./s1. The van der Waals surface area contributed by atoms with Crippen LogP contribution in [0.25, 0.3) is 10.8 Å². The van der Waals surface area contributed by atoms with E-state index in [2.05, 4.69) is 47.9 Å². The van der Waals surface area contributed by atoms with Crippen molar-refractivity contribution in [2.24, 2.45) is 5.92 Å². The number of carbonyl (C=O) groups is 1. The summed E-state index contributed by atoms with van der Waals surface area (Å²) in [6.45, 7) is 3.90. The van der Waals surface area contributed by atoms with Crippen LogP contribution < -0.4 is 10.6 Å². The number of fused-ring (bicyclic) bond motifs is 1. The summed E-state index contributed by atoms with van der Waals surface area (Å²) in [6.07, 6.45) is 2.07. The Balaban J connectivity index is 0.00000176. The normalized spacial score (nSPS) is 19.2. The van der Waals surface area contributed by atoms with Gasteiger partial charge in [0, 0.05) is 6.54 Å². The number of halogens is 1. The van der Waals surface area contributed by atoms with Crippen molar-refractivity contribution in [1.29, 1.82) is 0 Å². The van der Waals surface area contributed by atoms with Crippen LogP contribution in [-0.2, 0) is 4.79 Å². The minimum atomic E-state index is 0. The van der Waals surface area contributed by atoms with E-state index in [0.29, 0.717) is 0 Å². The number of piperidine rings is 1. The third kappa shape index (κ3) is 3.60. The van der Waals surface area contributed by atoms with E-state index in [1.807, 2.05) is 12.1 Å². The van der Waals surface area contributed by atoms with Gasteiger partial charge in [-0.2, -0.15) is 0 Å². The highest BCUT2D eigenvalue weighted by molar-refractivity contribution is 5.87. The van der Waals surface area contributed by atoms with E-state index in [1.54, 1.807) is 0 Å². The summed E-state index contributed by atoms with van der Waals surface area (Å²) in [5, 5.41) is 8.91. The Bertz CT molecular complexity index is 633. The zero-order valence-corrected chi connectivity index (χ0v) is 13.7. The molecular formula is C18H23ClN2O. The van der Waals surface area contributed by atoms with E-state index >= 15 is 0 Å². The molecule has 0 aliphatic carbocycles. The Morgan fingerprint density at radius 1 is 1.23 bits per heavy atom. The van der Waals surface area contributed by atoms with Crippen molar-refractivity contribution in [3.8, 4) is 0 Å². The van der Waals surface area contributed by atoms with Gasteiger partial charge in [-0.3, -0.25) is 4.79 Å². The predicted molar refractivity (Wildman–Crippen MR) is 93.3 cm³/mol. The van der Waals surface area contributed by atoms with Gasteiger partial charge in [0.15, 0.2) is 0 Å². The van der Waals surface area contributed by atoms with E-state index in [1.165, 1.54) is 16.3 Å². The van der Waals surface area contributed by atoms with Gasteiger partial charge in [0.1, 0.15) is 0 Å². The second-order valence-electron chi connectivity index (χ2n) is 5.84. The minimum Gasteiger partial charge on any atom is -0.349 e. The topological polar surface area (TPSA) is 41.1 Å². The fourth-order valence-corrected chi connectivity index (χ4v) is 3.11. The van der Waals surface area contributed by atoms with Gasteiger partial charge < -0.3 is 10.6 Å². The quantitative estimate of drug-likeness (QED) is 0.910. The van der Waals surface area contributed by atoms with Crippen molar-refractivity contribution in [2.75, 3.05) is 13.1 Å². The number of hydrogen-bond acceptors (Lipinski definition) is 2. The maximum Gasteiger partial charge on any atom is 0.224 e. The molecule has 1 heterocycles. The van der Waals surface area contributed by atoms with Crippen LogP contribution in [0.5, 0.6) is 0 Å². The van der Waals surface area contributed by atoms with Gasteiger partial charge in [0.25, 0.3) is 0 Å². The van der Waals surface area contributed by atoms with Gasteiger partial charge in [-0.05, 0) is 42.6 Å². The maximum atomic E-state index is 12.4. The molecule has 1 amide bonds. The van der Waals surface area contributed by atoms with E-state index in [9.17, 15) is 4.79 Å². The molecular weight excluding hydrogens is 296 g/mol. The molecule has 4 heteroatoms. The number of carbonyl (C=O) groups excluding carboxylic acids is 1. The summed E-state index contributed by atoms with van der Waals surface area (Å²) in [7, 11) is 0. The van der Waals surface area contributed by atoms with Crippen LogP contribution in [-0.4, -0.2) is 19.0 Å². The molecule has 0 spiro atoms. The molecule has 0 bridgehead atoms. The molecule has 118 valence electrons. The van der Waals surface area contributed by atoms with Crippen molar-refractivity contribution in [2.45, 2.75) is 25.8 Å². The van der Waals surface area contributed by atoms with Crippen LogP contribution in [0, 0.1) is 5.92 Å². The van der Waals surface area contributed by atoms with Crippen molar-refractivity contribution >= 4 is 29.1 Å². The molecule has 2 aromatic carbocycles. The Morgan fingerprint density at radius 3 is 2.77 bits per heavy atom. The van der Waals surface area contributed by atoms with Crippen LogP contribution in [0.15, 0.2) is 42.5 Å². The molecule has 0 radical (unpaired) electrons. The lowest BCUT2D eigenvalue weighted by atomic mass is 9.96. The average molecular weight is 319 g/mol. The highest BCUT2D eigenvalue weighted by Gasteiger charge is 2.22. The summed E-state index contributed by atoms with van der Waals surface area (Å²) in [5.41, 5.74) is 1.19. The number of hydrogen-bond donors (Lipinski definition) is 2. The molecule has 1 aliphatic heterocycles. The second-order valence-corrected chi connectivity index (χ2v) is 5.84.